The number of aryl methyl sites for hydroxylation is 1. The van der Waals surface area contributed by atoms with Gasteiger partial charge in [-0.05, 0) is 25.1 Å². The largest absolute Gasteiger partial charge is 0.351 e. The highest BCUT2D eigenvalue weighted by atomic mass is 35.5. The zero-order valence-corrected chi connectivity index (χ0v) is 12.4. The van der Waals surface area contributed by atoms with E-state index in [4.69, 9.17) is 32.3 Å². The highest BCUT2D eigenvalue weighted by Crippen LogP contribution is 2.25. The summed E-state index contributed by atoms with van der Waals surface area (Å²) in [7, 11) is 0. The van der Waals surface area contributed by atoms with Crippen molar-refractivity contribution in [2.75, 3.05) is 0 Å². The summed E-state index contributed by atoms with van der Waals surface area (Å²) in [6, 6.07) is 3.93. The summed E-state index contributed by atoms with van der Waals surface area (Å²) < 4.78 is 29.5. The first-order valence-corrected chi connectivity index (χ1v) is 6.78. The number of hydrogen-bond acceptors (Lipinski definition) is 5. The number of aliphatic imine (C=N–C) groups is 1. The summed E-state index contributed by atoms with van der Waals surface area (Å²) in [5.41, 5.74) is 0.842. The molecule has 0 atom stereocenters. The molecular formula is C11H8Cl2FN3O2S. The number of rotatable bonds is 3. The SMILES string of the molecule is Cc1noc(C(=Nc2ccc(F)c(Cl)c2)NSO)c1Cl. The van der Waals surface area contributed by atoms with E-state index in [-0.39, 0.29) is 21.6 Å². The van der Waals surface area contributed by atoms with Crippen molar-refractivity contribution in [3.05, 3.63) is 45.5 Å². The van der Waals surface area contributed by atoms with Crippen LogP contribution in [0.4, 0.5) is 10.1 Å². The van der Waals surface area contributed by atoms with Crippen molar-refractivity contribution in [2.45, 2.75) is 6.92 Å². The number of amidine groups is 1. The van der Waals surface area contributed by atoms with Crippen molar-refractivity contribution in [1.82, 2.24) is 9.88 Å². The zero-order chi connectivity index (χ0) is 14.7. The van der Waals surface area contributed by atoms with Crippen LogP contribution in [0.5, 0.6) is 0 Å². The van der Waals surface area contributed by atoms with Gasteiger partial charge in [-0.25, -0.2) is 9.38 Å². The van der Waals surface area contributed by atoms with Crippen LogP contribution in [0.25, 0.3) is 0 Å². The molecule has 0 saturated carbocycles. The summed E-state index contributed by atoms with van der Waals surface area (Å²) in [5, 5.41) is 3.88. The highest BCUT2D eigenvalue weighted by Gasteiger charge is 2.17. The van der Waals surface area contributed by atoms with Crippen LogP contribution < -0.4 is 4.72 Å². The maximum atomic E-state index is 13.1. The van der Waals surface area contributed by atoms with Crippen molar-refractivity contribution >= 4 is 47.0 Å². The highest BCUT2D eigenvalue weighted by molar-refractivity contribution is 7.92. The number of nitrogens with zero attached hydrogens (tertiary/aromatic N) is 2. The first-order valence-electron chi connectivity index (χ1n) is 5.25. The number of nitrogens with one attached hydrogen (secondary N) is 1. The summed E-state index contributed by atoms with van der Waals surface area (Å²) in [6.07, 6.45) is 0. The van der Waals surface area contributed by atoms with Crippen LogP contribution in [0.1, 0.15) is 11.5 Å². The molecule has 0 radical (unpaired) electrons. The third-order valence-corrected chi connectivity index (χ3v) is 3.31. The third kappa shape index (κ3) is 3.24. The van der Waals surface area contributed by atoms with Gasteiger partial charge >= 0.3 is 0 Å². The van der Waals surface area contributed by atoms with Crippen LogP contribution in [0.15, 0.2) is 27.7 Å². The molecule has 0 aliphatic carbocycles. The maximum absolute atomic E-state index is 13.1. The Bertz CT molecular complexity index is 663. The predicted molar refractivity (Wildman–Crippen MR) is 77.2 cm³/mol. The molecule has 2 rings (SSSR count). The first-order chi connectivity index (χ1) is 9.52. The van der Waals surface area contributed by atoms with Gasteiger partial charge in [-0.2, -0.15) is 0 Å². The average molecular weight is 336 g/mol. The molecular weight excluding hydrogens is 328 g/mol. The lowest BCUT2D eigenvalue weighted by molar-refractivity contribution is 0.408. The fourth-order valence-electron chi connectivity index (χ4n) is 1.35. The molecule has 0 spiro atoms. The van der Waals surface area contributed by atoms with Crippen molar-refractivity contribution < 1.29 is 13.5 Å². The van der Waals surface area contributed by atoms with Gasteiger partial charge in [0.15, 0.2) is 5.84 Å². The minimum absolute atomic E-state index is 0.0675. The Morgan fingerprint density at radius 3 is 2.80 bits per heavy atom. The molecule has 1 aromatic carbocycles. The predicted octanol–water partition coefficient (Wildman–Crippen LogP) is 4.22. The molecule has 0 aliphatic heterocycles. The molecule has 1 aromatic heterocycles. The molecule has 0 fully saturated rings. The molecule has 106 valence electrons. The maximum Gasteiger partial charge on any atom is 0.221 e. The molecule has 2 aromatic rings. The summed E-state index contributed by atoms with van der Waals surface area (Å²) in [5.74, 6) is -0.262. The van der Waals surface area contributed by atoms with Crippen LogP contribution in [0.3, 0.4) is 0 Å². The fraction of sp³-hybridized carbons (Fsp3) is 0.0909. The van der Waals surface area contributed by atoms with Gasteiger partial charge in [0.25, 0.3) is 0 Å². The molecule has 0 saturated heterocycles. The van der Waals surface area contributed by atoms with Crippen LogP contribution in [-0.2, 0) is 0 Å². The van der Waals surface area contributed by atoms with E-state index >= 15 is 0 Å². The van der Waals surface area contributed by atoms with Gasteiger partial charge in [-0.3, -0.25) is 4.72 Å². The van der Waals surface area contributed by atoms with Crippen LogP contribution >= 0.6 is 35.4 Å². The monoisotopic (exact) mass is 335 g/mol. The van der Waals surface area contributed by atoms with Gasteiger partial charge in [0.05, 0.1) is 16.4 Å². The lowest BCUT2D eigenvalue weighted by Gasteiger charge is -2.04. The molecule has 0 amide bonds. The summed E-state index contributed by atoms with van der Waals surface area (Å²) >= 11 is 12.0. The van der Waals surface area contributed by atoms with E-state index in [1.165, 1.54) is 18.2 Å². The van der Waals surface area contributed by atoms with Crippen molar-refractivity contribution in [1.29, 1.82) is 0 Å². The summed E-state index contributed by atoms with van der Waals surface area (Å²) in [4.78, 5) is 4.15. The second-order valence-electron chi connectivity index (χ2n) is 3.66. The fourth-order valence-corrected chi connectivity index (χ4v) is 1.91. The van der Waals surface area contributed by atoms with E-state index in [2.05, 4.69) is 14.9 Å². The Morgan fingerprint density at radius 1 is 1.50 bits per heavy atom. The molecule has 20 heavy (non-hydrogen) atoms. The van der Waals surface area contributed by atoms with Gasteiger partial charge in [0.1, 0.15) is 23.1 Å². The number of aromatic nitrogens is 1. The number of benzene rings is 1. The average Bonchev–Trinajstić information content (AvgIpc) is 2.74. The topological polar surface area (TPSA) is 70.7 Å². The first kappa shape index (κ1) is 15.1. The molecule has 5 nitrogen and oxygen atoms in total. The second kappa shape index (κ2) is 6.45. The Labute approximate surface area is 128 Å². The Kier molecular flexibility index (Phi) is 4.87. The van der Waals surface area contributed by atoms with Gasteiger partial charge in [0.2, 0.25) is 5.76 Å². The smallest absolute Gasteiger partial charge is 0.221 e. The van der Waals surface area contributed by atoms with Crippen molar-refractivity contribution in [3.63, 3.8) is 0 Å². The van der Waals surface area contributed by atoms with Gasteiger partial charge in [0, 0.05) is 0 Å². The molecule has 0 aliphatic rings. The van der Waals surface area contributed by atoms with E-state index in [9.17, 15) is 4.39 Å². The quantitative estimate of drug-likeness (QED) is 0.380. The molecule has 0 unspecified atom stereocenters. The van der Waals surface area contributed by atoms with Gasteiger partial charge < -0.3 is 9.08 Å². The number of halogens is 3. The van der Waals surface area contributed by atoms with E-state index in [1.54, 1.807) is 6.92 Å². The Morgan fingerprint density at radius 2 is 2.25 bits per heavy atom. The van der Waals surface area contributed by atoms with Gasteiger partial charge in [-0.15, -0.1) is 0 Å². The lowest BCUT2D eigenvalue weighted by Crippen LogP contribution is -2.16. The standard InChI is InChI=1S/C11H8Cl2FN3O2S/c1-5-9(13)10(19-16-5)11(17-20-18)15-6-2-3-8(14)7(12)4-6/h2-4,18H,1H3,(H,15,17). The Balaban J connectivity index is 2.44. The molecule has 1 heterocycles. The summed E-state index contributed by atoms with van der Waals surface area (Å²) in [6.45, 7) is 1.66. The second-order valence-corrected chi connectivity index (χ2v) is 4.84. The normalized spacial score (nSPS) is 11.8. The van der Waals surface area contributed by atoms with E-state index < -0.39 is 5.82 Å². The molecule has 2 N–H and O–H groups in total. The van der Waals surface area contributed by atoms with Crippen molar-refractivity contribution in [3.8, 4) is 0 Å². The zero-order valence-electron chi connectivity index (χ0n) is 10.0. The van der Waals surface area contributed by atoms with Crippen LogP contribution in [0, 0.1) is 12.7 Å². The minimum Gasteiger partial charge on any atom is -0.351 e. The van der Waals surface area contributed by atoms with E-state index in [0.717, 1.165) is 0 Å². The third-order valence-electron chi connectivity index (χ3n) is 2.29. The number of hydrogen-bond donors (Lipinski definition) is 2. The van der Waals surface area contributed by atoms with Crippen LogP contribution in [-0.4, -0.2) is 15.5 Å². The minimum atomic E-state index is -0.551. The molecule has 0 bridgehead atoms. The van der Waals surface area contributed by atoms with E-state index in [1.807, 2.05) is 0 Å². The Hall–Kier alpha value is -1.28. The van der Waals surface area contributed by atoms with E-state index in [0.29, 0.717) is 23.6 Å². The van der Waals surface area contributed by atoms with Crippen LogP contribution in [0.2, 0.25) is 10.0 Å². The molecule has 9 heteroatoms. The van der Waals surface area contributed by atoms with Crippen molar-refractivity contribution in [2.24, 2.45) is 4.99 Å². The van der Waals surface area contributed by atoms with Gasteiger partial charge in [-0.1, -0.05) is 28.4 Å². The lowest BCUT2D eigenvalue weighted by atomic mass is 10.3.